The van der Waals surface area contributed by atoms with Crippen LogP contribution in [0.1, 0.15) is 37.7 Å². The number of benzene rings is 1. The molecular formula is C24H34N4O2. The Morgan fingerprint density at radius 2 is 1.73 bits per heavy atom. The molecule has 1 aromatic carbocycles. The summed E-state index contributed by atoms with van der Waals surface area (Å²) in [6.07, 6.45) is 5.05. The third-order valence-corrected chi connectivity index (χ3v) is 7.52. The summed E-state index contributed by atoms with van der Waals surface area (Å²) in [6, 6.07) is 10.8. The summed E-state index contributed by atoms with van der Waals surface area (Å²) >= 11 is 0. The smallest absolute Gasteiger partial charge is 0.237 e. The standard InChI is InChI=1S/C24H34N4O2/c1-26-15-24(16-28(17-24)23(30)19-7-8-19)13-21(26)22(29)25-20-9-11-27(12-10-20)14-18-5-3-2-4-6-18/h2-6,19-21H,7-17H2,1H3,(H,25,29). The molecule has 4 aliphatic rings. The van der Waals surface area contributed by atoms with Crippen LogP contribution in [-0.4, -0.2) is 78.4 Å². The van der Waals surface area contributed by atoms with Crippen LogP contribution in [0.3, 0.4) is 0 Å². The van der Waals surface area contributed by atoms with Gasteiger partial charge in [-0.2, -0.15) is 0 Å². The lowest BCUT2D eigenvalue weighted by Gasteiger charge is -2.48. The molecule has 3 aliphatic heterocycles. The van der Waals surface area contributed by atoms with Crippen molar-refractivity contribution < 1.29 is 9.59 Å². The van der Waals surface area contributed by atoms with E-state index >= 15 is 0 Å². The van der Waals surface area contributed by atoms with Gasteiger partial charge in [-0.05, 0) is 44.7 Å². The SMILES string of the molecule is CN1CC2(CC1C(=O)NC1CCN(Cc3ccccc3)CC1)CN(C(=O)C1CC1)C2. The van der Waals surface area contributed by atoms with E-state index in [1.807, 2.05) is 4.90 Å². The zero-order chi connectivity index (χ0) is 20.7. The Balaban J connectivity index is 1.07. The van der Waals surface area contributed by atoms with Crippen molar-refractivity contribution in [1.82, 2.24) is 20.0 Å². The molecule has 0 aromatic heterocycles. The highest BCUT2D eigenvalue weighted by Crippen LogP contribution is 2.44. The Kier molecular flexibility index (Phi) is 5.31. The van der Waals surface area contributed by atoms with Crippen LogP contribution in [0.2, 0.25) is 0 Å². The summed E-state index contributed by atoms with van der Waals surface area (Å²) in [5.41, 5.74) is 1.49. The minimum absolute atomic E-state index is 0.0504. The number of likely N-dealkylation sites (tertiary alicyclic amines) is 3. The fourth-order valence-electron chi connectivity index (χ4n) is 5.67. The van der Waals surface area contributed by atoms with Gasteiger partial charge in [0.25, 0.3) is 0 Å². The first kappa shape index (κ1) is 20.0. The van der Waals surface area contributed by atoms with E-state index in [9.17, 15) is 9.59 Å². The van der Waals surface area contributed by atoms with Crippen LogP contribution in [0, 0.1) is 11.3 Å². The number of piperidine rings is 1. The van der Waals surface area contributed by atoms with Crippen molar-refractivity contribution in [3.63, 3.8) is 0 Å². The summed E-state index contributed by atoms with van der Waals surface area (Å²) < 4.78 is 0. The first-order valence-corrected chi connectivity index (χ1v) is 11.6. The van der Waals surface area contributed by atoms with E-state index in [0.717, 1.165) is 71.4 Å². The van der Waals surface area contributed by atoms with Gasteiger partial charge in [0.05, 0.1) is 6.04 Å². The number of likely N-dealkylation sites (N-methyl/N-ethyl adjacent to an activating group) is 1. The summed E-state index contributed by atoms with van der Waals surface area (Å²) in [7, 11) is 2.06. The van der Waals surface area contributed by atoms with Gasteiger partial charge in [0.15, 0.2) is 0 Å². The monoisotopic (exact) mass is 410 g/mol. The Labute approximate surface area is 179 Å². The normalized spacial score (nSPS) is 27.2. The fourth-order valence-corrected chi connectivity index (χ4v) is 5.67. The van der Waals surface area contributed by atoms with E-state index in [2.05, 4.69) is 52.5 Å². The summed E-state index contributed by atoms with van der Waals surface area (Å²) in [5, 5.41) is 3.34. The van der Waals surface area contributed by atoms with E-state index in [1.165, 1.54) is 5.56 Å². The highest BCUT2D eigenvalue weighted by Gasteiger charge is 2.54. The van der Waals surface area contributed by atoms with Crippen molar-refractivity contribution in [1.29, 1.82) is 0 Å². The van der Waals surface area contributed by atoms with Gasteiger partial charge in [0.1, 0.15) is 0 Å². The Morgan fingerprint density at radius 1 is 1.03 bits per heavy atom. The molecular weight excluding hydrogens is 376 g/mol. The molecule has 1 saturated carbocycles. The molecule has 4 fully saturated rings. The Morgan fingerprint density at radius 3 is 2.40 bits per heavy atom. The molecule has 1 spiro atoms. The molecule has 0 radical (unpaired) electrons. The van der Waals surface area contributed by atoms with Gasteiger partial charge in [-0.3, -0.25) is 19.4 Å². The number of amides is 2. The quantitative estimate of drug-likeness (QED) is 0.803. The Bertz CT molecular complexity index is 780. The minimum Gasteiger partial charge on any atom is -0.352 e. The fraction of sp³-hybridized carbons (Fsp3) is 0.667. The molecule has 1 aliphatic carbocycles. The average Bonchev–Trinajstić information content (AvgIpc) is 3.51. The average molecular weight is 411 g/mol. The molecule has 1 atom stereocenters. The van der Waals surface area contributed by atoms with Crippen LogP contribution in [0.5, 0.6) is 0 Å². The van der Waals surface area contributed by atoms with Crippen molar-refractivity contribution in [2.45, 2.75) is 50.7 Å². The van der Waals surface area contributed by atoms with E-state index in [0.29, 0.717) is 11.8 Å². The molecule has 162 valence electrons. The second kappa shape index (κ2) is 7.97. The van der Waals surface area contributed by atoms with Crippen LogP contribution in [-0.2, 0) is 16.1 Å². The zero-order valence-electron chi connectivity index (χ0n) is 18.1. The van der Waals surface area contributed by atoms with Crippen LogP contribution in [0.4, 0.5) is 0 Å². The van der Waals surface area contributed by atoms with Gasteiger partial charge in [0, 0.05) is 56.6 Å². The molecule has 0 bridgehead atoms. The van der Waals surface area contributed by atoms with Crippen LogP contribution < -0.4 is 5.32 Å². The molecule has 3 heterocycles. The predicted molar refractivity (Wildman–Crippen MR) is 116 cm³/mol. The number of hydrogen-bond acceptors (Lipinski definition) is 4. The molecule has 2 amide bonds. The predicted octanol–water partition coefficient (Wildman–Crippen LogP) is 1.71. The lowest BCUT2D eigenvalue weighted by Crippen LogP contribution is -2.59. The second-order valence-corrected chi connectivity index (χ2v) is 10.1. The maximum absolute atomic E-state index is 13.0. The summed E-state index contributed by atoms with van der Waals surface area (Å²) in [5.74, 6) is 0.828. The molecule has 5 rings (SSSR count). The van der Waals surface area contributed by atoms with Crippen LogP contribution >= 0.6 is 0 Å². The Hall–Kier alpha value is -1.92. The third-order valence-electron chi connectivity index (χ3n) is 7.52. The molecule has 6 heteroatoms. The van der Waals surface area contributed by atoms with E-state index in [4.69, 9.17) is 0 Å². The lowest BCUT2D eigenvalue weighted by molar-refractivity contribution is -0.144. The van der Waals surface area contributed by atoms with Gasteiger partial charge >= 0.3 is 0 Å². The van der Waals surface area contributed by atoms with Crippen molar-refractivity contribution in [3.8, 4) is 0 Å². The van der Waals surface area contributed by atoms with E-state index in [-0.39, 0.29) is 23.4 Å². The maximum Gasteiger partial charge on any atom is 0.237 e. The second-order valence-electron chi connectivity index (χ2n) is 10.1. The van der Waals surface area contributed by atoms with Crippen molar-refractivity contribution in [2.75, 3.05) is 39.8 Å². The largest absolute Gasteiger partial charge is 0.352 e. The van der Waals surface area contributed by atoms with Gasteiger partial charge in [-0.25, -0.2) is 0 Å². The maximum atomic E-state index is 13.0. The number of rotatable bonds is 5. The number of hydrogen-bond donors (Lipinski definition) is 1. The third kappa shape index (κ3) is 4.12. The number of nitrogens with one attached hydrogen (secondary N) is 1. The van der Waals surface area contributed by atoms with Gasteiger partial charge in [-0.1, -0.05) is 30.3 Å². The van der Waals surface area contributed by atoms with Crippen LogP contribution in [0.25, 0.3) is 0 Å². The number of carbonyl (C=O) groups is 2. The summed E-state index contributed by atoms with van der Waals surface area (Å²) in [6.45, 7) is 5.66. The number of carbonyl (C=O) groups excluding carboxylic acids is 2. The first-order chi connectivity index (χ1) is 14.5. The topological polar surface area (TPSA) is 55.9 Å². The van der Waals surface area contributed by atoms with Crippen molar-refractivity contribution in [3.05, 3.63) is 35.9 Å². The zero-order valence-corrected chi connectivity index (χ0v) is 18.1. The van der Waals surface area contributed by atoms with Gasteiger partial charge in [-0.15, -0.1) is 0 Å². The molecule has 1 unspecified atom stereocenters. The minimum atomic E-state index is -0.0504. The van der Waals surface area contributed by atoms with E-state index < -0.39 is 0 Å². The van der Waals surface area contributed by atoms with Gasteiger partial charge in [0.2, 0.25) is 11.8 Å². The molecule has 1 N–H and O–H groups in total. The van der Waals surface area contributed by atoms with Crippen molar-refractivity contribution >= 4 is 11.8 Å². The highest BCUT2D eigenvalue weighted by atomic mass is 16.2. The highest BCUT2D eigenvalue weighted by molar-refractivity contribution is 5.84. The van der Waals surface area contributed by atoms with E-state index in [1.54, 1.807) is 0 Å². The first-order valence-electron chi connectivity index (χ1n) is 11.6. The molecule has 1 aromatic rings. The van der Waals surface area contributed by atoms with Crippen LogP contribution in [0.15, 0.2) is 30.3 Å². The van der Waals surface area contributed by atoms with Crippen molar-refractivity contribution in [2.24, 2.45) is 11.3 Å². The summed E-state index contributed by atoms with van der Waals surface area (Å²) in [4.78, 5) is 32.0. The molecule has 30 heavy (non-hydrogen) atoms. The number of nitrogens with zero attached hydrogens (tertiary/aromatic N) is 3. The lowest BCUT2D eigenvalue weighted by atomic mass is 9.77. The molecule has 3 saturated heterocycles. The molecule has 6 nitrogen and oxygen atoms in total. The van der Waals surface area contributed by atoms with Gasteiger partial charge < -0.3 is 10.2 Å².